The minimum absolute atomic E-state index is 0.261. The zero-order valence-electron chi connectivity index (χ0n) is 7.76. The molecule has 1 amide bonds. The number of nitrogens with zero attached hydrogens (tertiary/aromatic N) is 3. The Morgan fingerprint density at radius 1 is 1.60 bits per heavy atom. The number of anilines is 1. The fraction of sp³-hybridized carbons (Fsp3) is 0.375. The van der Waals surface area contributed by atoms with Crippen molar-refractivity contribution in [3.05, 3.63) is 17.0 Å². The summed E-state index contributed by atoms with van der Waals surface area (Å²) < 4.78 is 5.61. The maximum Gasteiger partial charge on any atom is 0.416 e. The van der Waals surface area contributed by atoms with Crippen LogP contribution in [0.15, 0.2) is 17.0 Å². The van der Waals surface area contributed by atoms with Gasteiger partial charge in [0, 0.05) is 6.54 Å². The Morgan fingerprint density at radius 3 is 2.93 bits per heavy atom. The molecule has 2 rings (SSSR count). The van der Waals surface area contributed by atoms with Crippen molar-refractivity contribution in [1.82, 2.24) is 9.97 Å². The molecule has 1 saturated heterocycles. The SMILES string of the molecule is NC[C@H]1CN(c2cnc(Br)cn2)C(=O)O1. The Balaban J connectivity index is 2.18. The predicted octanol–water partition coefficient (Wildman–Crippen LogP) is 0.523. The van der Waals surface area contributed by atoms with Crippen LogP contribution in [-0.2, 0) is 4.74 Å². The number of ether oxygens (including phenoxy) is 1. The molecule has 2 N–H and O–H groups in total. The third-order valence-electron chi connectivity index (χ3n) is 2.02. The average molecular weight is 273 g/mol. The molecule has 1 aliphatic rings. The van der Waals surface area contributed by atoms with E-state index in [9.17, 15) is 4.79 Å². The van der Waals surface area contributed by atoms with Gasteiger partial charge >= 0.3 is 6.09 Å². The second-order valence-corrected chi connectivity index (χ2v) is 3.86. The van der Waals surface area contributed by atoms with Gasteiger partial charge in [-0.1, -0.05) is 0 Å². The summed E-state index contributed by atoms with van der Waals surface area (Å²) in [6.45, 7) is 0.734. The standard InChI is InChI=1S/C8H9BrN4O2/c9-6-2-12-7(3-11-6)13-4-5(1-10)15-8(13)14/h2-3,5H,1,4,10H2/t5-/m0/s1. The highest BCUT2D eigenvalue weighted by Crippen LogP contribution is 2.18. The first-order chi connectivity index (χ1) is 7.20. The molecule has 80 valence electrons. The molecule has 7 heteroatoms. The molecule has 1 aromatic rings. The van der Waals surface area contributed by atoms with Crippen molar-refractivity contribution in [3.63, 3.8) is 0 Å². The topological polar surface area (TPSA) is 81.3 Å². The molecule has 1 atom stereocenters. The number of hydrogen-bond donors (Lipinski definition) is 1. The molecule has 2 heterocycles. The van der Waals surface area contributed by atoms with E-state index >= 15 is 0 Å². The van der Waals surface area contributed by atoms with Crippen molar-refractivity contribution < 1.29 is 9.53 Å². The summed E-state index contributed by atoms with van der Waals surface area (Å²) in [5, 5.41) is 0. The van der Waals surface area contributed by atoms with Gasteiger partial charge in [-0.2, -0.15) is 0 Å². The van der Waals surface area contributed by atoms with Crippen LogP contribution >= 0.6 is 15.9 Å². The number of aromatic nitrogens is 2. The fourth-order valence-corrected chi connectivity index (χ4v) is 1.48. The van der Waals surface area contributed by atoms with E-state index in [1.165, 1.54) is 17.3 Å². The summed E-state index contributed by atoms with van der Waals surface area (Å²) in [6, 6.07) is 0. The summed E-state index contributed by atoms with van der Waals surface area (Å²) in [6.07, 6.45) is 2.34. The zero-order chi connectivity index (χ0) is 10.8. The van der Waals surface area contributed by atoms with Crippen LogP contribution in [0, 0.1) is 0 Å². The van der Waals surface area contributed by atoms with Gasteiger partial charge in [0.05, 0.1) is 18.9 Å². The Hall–Kier alpha value is -1.21. The minimum atomic E-state index is -0.429. The van der Waals surface area contributed by atoms with Crippen LogP contribution in [0.3, 0.4) is 0 Å². The quantitative estimate of drug-likeness (QED) is 0.849. The van der Waals surface area contributed by atoms with Gasteiger partial charge in [-0.15, -0.1) is 0 Å². The van der Waals surface area contributed by atoms with Gasteiger partial charge in [0.15, 0.2) is 5.82 Å². The van der Waals surface area contributed by atoms with E-state index in [-0.39, 0.29) is 6.10 Å². The summed E-state index contributed by atoms with van der Waals surface area (Å²) in [5.74, 6) is 0.471. The van der Waals surface area contributed by atoms with Crippen molar-refractivity contribution in [2.75, 3.05) is 18.0 Å². The summed E-state index contributed by atoms with van der Waals surface area (Å²) in [5.41, 5.74) is 5.41. The number of carbonyl (C=O) groups is 1. The highest BCUT2D eigenvalue weighted by molar-refractivity contribution is 9.10. The molecule has 15 heavy (non-hydrogen) atoms. The highest BCUT2D eigenvalue weighted by Gasteiger charge is 2.32. The second kappa shape index (κ2) is 4.11. The average Bonchev–Trinajstić information content (AvgIpc) is 2.61. The van der Waals surface area contributed by atoms with Gasteiger partial charge in [-0.05, 0) is 15.9 Å². The third-order valence-corrected chi connectivity index (χ3v) is 2.43. The van der Waals surface area contributed by atoms with Crippen molar-refractivity contribution in [2.24, 2.45) is 5.73 Å². The minimum Gasteiger partial charge on any atom is -0.443 e. The van der Waals surface area contributed by atoms with Crippen LogP contribution in [0.1, 0.15) is 0 Å². The molecule has 0 unspecified atom stereocenters. The van der Waals surface area contributed by atoms with E-state index in [1.807, 2.05) is 0 Å². The highest BCUT2D eigenvalue weighted by atomic mass is 79.9. The normalized spacial score (nSPS) is 20.5. The molecule has 0 radical (unpaired) electrons. The second-order valence-electron chi connectivity index (χ2n) is 3.05. The lowest BCUT2D eigenvalue weighted by molar-refractivity contribution is 0.145. The molecule has 0 bridgehead atoms. The molecule has 1 fully saturated rings. The summed E-state index contributed by atoms with van der Waals surface area (Å²) >= 11 is 3.17. The number of cyclic esters (lactones) is 1. The molecule has 0 aliphatic carbocycles. The van der Waals surface area contributed by atoms with Crippen LogP contribution < -0.4 is 10.6 Å². The predicted molar refractivity (Wildman–Crippen MR) is 56.4 cm³/mol. The van der Waals surface area contributed by atoms with Crippen LogP contribution in [-0.4, -0.2) is 35.3 Å². The van der Waals surface area contributed by atoms with Gasteiger partial charge in [-0.3, -0.25) is 4.90 Å². The summed E-state index contributed by atoms with van der Waals surface area (Å²) in [7, 11) is 0. The van der Waals surface area contributed by atoms with Crippen molar-refractivity contribution >= 4 is 27.8 Å². The Labute approximate surface area is 94.6 Å². The van der Waals surface area contributed by atoms with Gasteiger partial charge in [0.1, 0.15) is 10.7 Å². The lowest BCUT2D eigenvalue weighted by atomic mass is 10.3. The molecule has 1 aromatic heterocycles. The van der Waals surface area contributed by atoms with E-state index in [0.29, 0.717) is 23.5 Å². The van der Waals surface area contributed by atoms with Crippen molar-refractivity contribution in [3.8, 4) is 0 Å². The van der Waals surface area contributed by atoms with E-state index in [2.05, 4.69) is 25.9 Å². The van der Waals surface area contributed by atoms with E-state index in [0.717, 1.165) is 0 Å². The van der Waals surface area contributed by atoms with Crippen molar-refractivity contribution in [1.29, 1.82) is 0 Å². The summed E-state index contributed by atoms with van der Waals surface area (Å²) in [4.78, 5) is 20.8. The van der Waals surface area contributed by atoms with Crippen LogP contribution in [0.2, 0.25) is 0 Å². The van der Waals surface area contributed by atoms with E-state index < -0.39 is 6.09 Å². The first-order valence-electron chi connectivity index (χ1n) is 4.36. The maximum atomic E-state index is 11.4. The third kappa shape index (κ3) is 2.07. The van der Waals surface area contributed by atoms with Crippen LogP contribution in [0.5, 0.6) is 0 Å². The molecule has 0 saturated carbocycles. The molecule has 0 spiro atoms. The molecular formula is C8H9BrN4O2. The van der Waals surface area contributed by atoms with Crippen molar-refractivity contribution in [2.45, 2.75) is 6.10 Å². The maximum absolute atomic E-state index is 11.4. The lowest BCUT2D eigenvalue weighted by Crippen LogP contribution is -2.28. The number of rotatable bonds is 2. The molecule has 6 nitrogen and oxygen atoms in total. The van der Waals surface area contributed by atoms with Gasteiger partial charge in [-0.25, -0.2) is 14.8 Å². The molecular weight excluding hydrogens is 264 g/mol. The van der Waals surface area contributed by atoms with Crippen LogP contribution in [0.4, 0.5) is 10.6 Å². The number of carbonyl (C=O) groups excluding carboxylic acids is 1. The number of nitrogens with two attached hydrogens (primary N) is 1. The molecule has 1 aliphatic heterocycles. The monoisotopic (exact) mass is 272 g/mol. The van der Waals surface area contributed by atoms with Gasteiger partial charge < -0.3 is 10.5 Å². The molecule has 0 aromatic carbocycles. The largest absolute Gasteiger partial charge is 0.443 e. The number of halogens is 1. The van der Waals surface area contributed by atoms with Crippen LogP contribution in [0.25, 0.3) is 0 Å². The number of hydrogen-bond acceptors (Lipinski definition) is 5. The van der Waals surface area contributed by atoms with Gasteiger partial charge in [0.2, 0.25) is 0 Å². The Morgan fingerprint density at radius 2 is 2.40 bits per heavy atom. The Kier molecular flexibility index (Phi) is 2.83. The number of amides is 1. The smallest absolute Gasteiger partial charge is 0.416 e. The lowest BCUT2D eigenvalue weighted by Gasteiger charge is -2.10. The first kappa shape index (κ1) is 10.3. The van der Waals surface area contributed by atoms with E-state index in [1.54, 1.807) is 0 Å². The zero-order valence-corrected chi connectivity index (χ0v) is 9.35. The van der Waals surface area contributed by atoms with E-state index in [4.69, 9.17) is 10.5 Å². The fourth-order valence-electron chi connectivity index (χ4n) is 1.28. The van der Waals surface area contributed by atoms with Gasteiger partial charge in [0.25, 0.3) is 0 Å². The first-order valence-corrected chi connectivity index (χ1v) is 5.16. The Bertz CT molecular complexity index is 369.